The molecule has 2 heterocycles. The number of thiazole rings is 1. The monoisotopic (exact) mass is 243 g/mol. The van der Waals surface area contributed by atoms with Crippen molar-refractivity contribution in [2.24, 2.45) is 0 Å². The van der Waals surface area contributed by atoms with E-state index in [9.17, 15) is 0 Å². The summed E-state index contributed by atoms with van der Waals surface area (Å²) >= 11 is 1.67. The Balaban J connectivity index is 1.82. The molecule has 1 N–H and O–H groups in total. The summed E-state index contributed by atoms with van der Waals surface area (Å²) in [6, 6.07) is 8.13. The molecule has 0 radical (unpaired) electrons. The Kier molecular flexibility index (Phi) is 2.44. The van der Waals surface area contributed by atoms with Gasteiger partial charge in [-0.25, -0.2) is 4.98 Å². The van der Waals surface area contributed by atoms with Gasteiger partial charge in [-0.3, -0.25) is 5.41 Å². The Bertz CT molecular complexity index is 574. The van der Waals surface area contributed by atoms with Gasteiger partial charge in [0.15, 0.2) is 0 Å². The van der Waals surface area contributed by atoms with E-state index in [0.717, 1.165) is 29.4 Å². The molecule has 86 valence electrons. The van der Waals surface area contributed by atoms with Gasteiger partial charge in [0.2, 0.25) is 0 Å². The summed E-state index contributed by atoms with van der Waals surface area (Å²) in [5.41, 5.74) is 3.36. The van der Waals surface area contributed by atoms with Crippen molar-refractivity contribution in [3.8, 4) is 0 Å². The summed E-state index contributed by atoms with van der Waals surface area (Å²) in [7, 11) is 0. The zero-order chi connectivity index (χ0) is 11.8. The topological polar surface area (TPSA) is 40.0 Å². The van der Waals surface area contributed by atoms with Gasteiger partial charge in [0.25, 0.3) is 0 Å². The summed E-state index contributed by atoms with van der Waals surface area (Å²) in [6.07, 6.45) is 0. The van der Waals surface area contributed by atoms with Crippen LogP contribution in [0.5, 0.6) is 0 Å². The molecule has 0 bridgehead atoms. The lowest BCUT2D eigenvalue weighted by Crippen LogP contribution is -2.23. The molecular weight excluding hydrogens is 230 g/mol. The van der Waals surface area contributed by atoms with Crippen LogP contribution in [-0.4, -0.2) is 15.7 Å². The Morgan fingerprint density at radius 2 is 2.24 bits per heavy atom. The van der Waals surface area contributed by atoms with Crippen molar-refractivity contribution in [2.45, 2.75) is 20.0 Å². The van der Waals surface area contributed by atoms with Gasteiger partial charge in [0.05, 0.1) is 6.54 Å². The van der Waals surface area contributed by atoms with Crippen LogP contribution in [0.25, 0.3) is 0 Å². The van der Waals surface area contributed by atoms with Gasteiger partial charge < -0.3 is 4.90 Å². The van der Waals surface area contributed by atoms with E-state index in [4.69, 9.17) is 5.41 Å². The molecule has 2 aromatic rings. The number of nitrogens with one attached hydrogen (secondary N) is 1. The number of hydrogen-bond acceptors (Lipinski definition) is 3. The Morgan fingerprint density at radius 1 is 1.41 bits per heavy atom. The smallest absolute Gasteiger partial charge is 0.129 e. The molecule has 0 amide bonds. The third-order valence-electron chi connectivity index (χ3n) is 2.94. The van der Waals surface area contributed by atoms with E-state index >= 15 is 0 Å². The van der Waals surface area contributed by atoms with E-state index in [1.807, 2.05) is 25.1 Å². The maximum atomic E-state index is 8.15. The van der Waals surface area contributed by atoms with Crippen LogP contribution in [0.4, 0.5) is 0 Å². The van der Waals surface area contributed by atoms with Crippen LogP contribution >= 0.6 is 11.3 Å². The number of fused-ring (bicyclic) bond motifs is 1. The van der Waals surface area contributed by atoms with Gasteiger partial charge in [0, 0.05) is 23.2 Å². The van der Waals surface area contributed by atoms with Gasteiger partial charge in [-0.05, 0) is 12.5 Å². The summed E-state index contributed by atoms with van der Waals surface area (Å²) in [5, 5.41) is 11.3. The summed E-state index contributed by atoms with van der Waals surface area (Å²) < 4.78 is 0. The number of hydrogen-bond donors (Lipinski definition) is 1. The lowest BCUT2D eigenvalue weighted by Gasteiger charge is -2.15. The fraction of sp³-hybridized carbons (Fsp3) is 0.231. The number of aryl methyl sites for hydroxylation is 1. The fourth-order valence-electron chi connectivity index (χ4n) is 2.12. The summed E-state index contributed by atoms with van der Waals surface area (Å²) in [5.74, 6) is 0.619. The second kappa shape index (κ2) is 3.96. The minimum absolute atomic E-state index is 0.619. The SMILES string of the molecule is Cc1csc(CN2Cc3ccccc3C2=N)n1. The number of nitrogens with zero attached hydrogens (tertiary/aromatic N) is 2. The third kappa shape index (κ3) is 1.85. The van der Waals surface area contributed by atoms with Gasteiger partial charge >= 0.3 is 0 Å². The van der Waals surface area contributed by atoms with E-state index in [1.54, 1.807) is 11.3 Å². The largest absolute Gasteiger partial charge is 0.345 e. The molecule has 4 heteroatoms. The standard InChI is InChI=1S/C13H13N3S/c1-9-8-17-12(15-9)7-16-6-10-4-2-3-5-11(10)13(16)14/h2-5,8,14H,6-7H2,1H3. The predicted molar refractivity (Wildman–Crippen MR) is 69.4 cm³/mol. The molecule has 0 atom stereocenters. The minimum Gasteiger partial charge on any atom is -0.345 e. The van der Waals surface area contributed by atoms with Crippen LogP contribution in [-0.2, 0) is 13.1 Å². The zero-order valence-corrected chi connectivity index (χ0v) is 10.4. The zero-order valence-electron chi connectivity index (χ0n) is 9.60. The summed E-state index contributed by atoms with van der Waals surface area (Å²) in [6.45, 7) is 3.57. The molecule has 17 heavy (non-hydrogen) atoms. The van der Waals surface area contributed by atoms with Gasteiger partial charge in [-0.1, -0.05) is 24.3 Å². The molecule has 0 saturated carbocycles. The Morgan fingerprint density at radius 3 is 2.94 bits per heavy atom. The van der Waals surface area contributed by atoms with Crippen LogP contribution in [0.1, 0.15) is 21.8 Å². The van der Waals surface area contributed by atoms with Gasteiger partial charge in [-0.15, -0.1) is 11.3 Å². The Hall–Kier alpha value is -1.68. The van der Waals surface area contributed by atoms with Crippen molar-refractivity contribution in [3.63, 3.8) is 0 Å². The van der Waals surface area contributed by atoms with Crippen LogP contribution in [0.2, 0.25) is 0 Å². The van der Waals surface area contributed by atoms with E-state index < -0.39 is 0 Å². The number of aromatic nitrogens is 1. The maximum absolute atomic E-state index is 8.15. The van der Waals surface area contributed by atoms with Crippen LogP contribution in [0, 0.1) is 12.3 Å². The van der Waals surface area contributed by atoms with E-state index in [-0.39, 0.29) is 0 Å². The molecular formula is C13H13N3S. The molecule has 0 saturated heterocycles. The van der Waals surface area contributed by atoms with Crippen molar-refractivity contribution < 1.29 is 0 Å². The quantitative estimate of drug-likeness (QED) is 0.881. The van der Waals surface area contributed by atoms with E-state index in [0.29, 0.717) is 5.84 Å². The van der Waals surface area contributed by atoms with Crippen molar-refractivity contribution in [1.29, 1.82) is 5.41 Å². The molecule has 1 aliphatic rings. The van der Waals surface area contributed by atoms with Crippen molar-refractivity contribution in [1.82, 2.24) is 9.88 Å². The normalized spacial score (nSPS) is 14.2. The second-order valence-electron chi connectivity index (χ2n) is 4.24. The molecule has 1 aromatic heterocycles. The molecule has 0 aliphatic carbocycles. The molecule has 1 aliphatic heterocycles. The number of rotatable bonds is 2. The lowest BCUT2D eigenvalue weighted by molar-refractivity contribution is 0.421. The molecule has 3 rings (SSSR count). The fourth-order valence-corrected chi connectivity index (χ4v) is 2.90. The average Bonchev–Trinajstić information content (AvgIpc) is 2.86. The first-order chi connectivity index (χ1) is 8.24. The van der Waals surface area contributed by atoms with Crippen molar-refractivity contribution in [3.05, 3.63) is 51.5 Å². The number of benzene rings is 1. The summed E-state index contributed by atoms with van der Waals surface area (Å²) in [4.78, 5) is 6.52. The van der Waals surface area contributed by atoms with Gasteiger partial charge in [0.1, 0.15) is 10.8 Å². The van der Waals surface area contributed by atoms with Crippen LogP contribution in [0.15, 0.2) is 29.6 Å². The number of amidine groups is 1. The van der Waals surface area contributed by atoms with Crippen molar-refractivity contribution in [2.75, 3.05) is 0 Å². The molecule has 0 fully saturated rings. The van der Waals surface area contributed by atoms with Crippen LogP contribution < -0.4 is 0 Å². The first-order valence-corrected chi connectivity index (χ1v) is 6.45. The first kappa shape index (κ1) is 10.5. The molecule has 0 spiro atoms. The second-order valence-corrected chi connectivity index (χ2v) is 5.19. The maximum Gasteiger partial charge on any atom is 0.129 e. The Labute approximate surface area is 104 Å². The van der Waals surface area contributed by atoms with Crippen LogP contribution in [0.3, 0.4) is 0 Å². The lowest BCUT2D eigenvalue weighted by atomic mass is 10.1. The minimum atomic E-state index is 0.619. The van der Waals surface area contributed by atoms with Crippen molar-refractivity contribution >= 4 is 17.2 Å². The van der Waals surface area contributed by atoms with Gasteiger partial charge in [-0.2, -0.15) is 0 Å². The first-order valence-electron chi connectivity index (χ1n) is 5.57. The highest BCUT2D eigenvalue weighted by Gasteiger charge is 2.23. The van der Waals surface area contributed by atoms with E-state index in [1.165, 1.54) is 5.56 Å². The highest BCUT2D eigenvalue weighted by Crippen LogP contribution is 2.24. The molecule has 3 nitrogen and oxygen atoms in total. The average molecular weight is 243 g/mol. The molecule has 1 aromatic carbocycles. The highest BCUT2D eigenvalue weighted by atomic mass is 32.1. The van der Waals surface area contributed by atoms with E-state index in [2.05, 4.69) is 21.3 Å². The third-order valence-corrected chi connectivity index (χ3v) is 3.89. The molecule has 0 unspecified atom stereocenters. The highest BCUT2D eigenvalue weighted by molar-refractivity contribution is 7.09. The predicted octanol–water partition coefficient (Wildman–Crippen LogP) is 2.79.